The lowest BCUT2D eigenvalue weighted by Gasteiger charge is -2.11. The van der Waals surface area contributed by atoms with Crippen molar-refractivity contribution in [3.8, 4) is 0 Å². The van der Waals surface area contributed by atoms with Crippen LogP contribution in [0.5, 0.6) is 0 Å². The number of hydrogen-bond donors (Lipinski definition) is 2. The zero-order valence-corrected chi connectivity index (χ0v) is 12.6. The van der Waals surface area contributed by atoms with Crippen LogP contribution < -0.4 is 11.1 Å². The SMILES string of the molecule is CC(Cc1ccsc1)NC(=O)c1csc(C(C)N)n1. The van der Waals surface area contributed by atoms with Crippen molar-refractivity contribution < 1.29 is 4.79 Å². The molecule has 4 nitrogen and oxygen atoms in total. The Bertz CT molecular complexity index is 534. The molecule has 0 saturated heterocycles. The lowest BCUT2D eigenvalue weighted by molar-refractivity contribution is 0.0935. The number of nitrogens with one attached hydrogen (secondary N) is 1. The highest BCUT2D eigenvalue weighted by Crippen LogP contribution is 2.16. The van der Waals surface area contributed by atoms with Crippen LogP contribution >= 0.6 is 22.7 Å². The molecule has 2 rings (SSSR count). The molecule has 0 fully saturated rings. The van der Waals surface area contributed by atoms with Crippen molar-refractivity contribution in [2.45, 2.75) is 32.4 Å². The molecule has 2 unspecified atom stereocenters. The Morgan fingerprint density at radius 3 is 2.84 bits per heavy atom. The van der Waals surface area contributed by atoms with Crippen molar-refractivity contribution in [3.63, 3.8) is 0 Å². The van der Waals surface area contributed by atoms with E-state index in [2.05, 4.69) is 21.7 Å². The molecule has 1 amide bonds. The van der Waals surface area contributed by atoms with E-state index < -0.39 is 0 Å². The van der Waals surface area contributed by atoms with Crippen LogP contribution in [-0.4, -0.2) is 16.9 Å². The Hall–Kier alpha value is -1.24. The first-order valence-electron chi connectivity index (χ1n) is 6.09. The normalized spacial score (nSPS) is 14.1. The van der Waals surface area contributed by atoms with Crippen LogP contribution in [0.15, 0.2) is 22.2 Å². The molecule has 3 N–H and O–H groups in total. The minimum Gasteiger partial charge on any atom is -0.348 e. The van der Waals surface area contributed by atoms with Gasteiger partial charge in [-0.25, -0.2) is 4.98 Å². The molecular weight excluding hydrogens is 278 g/mol. The fourth-order valence-electron chi connectivity index (χ4n) is 1.71. The van der Waals surface area contributed by atoms with Crippen molar-refractivity contribution in [2.24, 2.45) is 5.73 Å². The minimum absolute atomic E-state index is 0.0857. The number of rotatable bonds is 5. The summed E-state index contributed by atoms with van der Waals surface area (Å²) in [5, 5.41) is 9.64. The van der Waals surface area contributed by atoms with Gasteiger partial charge in [0.1, 0.15) is 10.7 Å². The van der Waals surface area contributed by atoms with Crippen molar-refractivity contribution in [3.05, 3.63) is 38.5 Å². The Kier molecular flexibility index (Phi) is 4.68. The van der Waals surface area contributed by atoms with Crippen LogP contribution in [0.25, 0.3) is 0 Å². The molecule has 19 heavy (non-hydrogen) atoms. The monoisotopic (exact) mass is 295 g/mol. The number of hydrogen-bond acceptors (Lipinski definition) is 5. The highest BCUT2D eigenvalue weighted by Gasteiger charge is 2.15. The molecule has 102 valence electrons. The Balaban J connectivity index is 1.92. The maximum atomic E-state index is 12.0. The molecule has 0 aliphatic carbocycles. The molecule has 0 spiro atoms. The number of carbonyl (C=O) groups excluding carboxylic acids is 1. The van der Waals surface area contributed by atoms with Gasteiger partial charge in [-0.2, -0.15) is 11.3 Å². The van der Waals surface area contributed by atoms with E-state index in [-0.39, 0.29) is 18.0 Å². The van der Waals surface area contributed by atoms with E-state index in [0.29, 0.717) is 5.69 Å². The molecule has 0 aromatic carbocycles. The van der Waals surface area contributed by atoms with E-state index in [1.54, 1.807) is 16.7 Å². The summed E-state index contributed by atoms with van der Waals surface area (Å²) in [5.41, 5.74) is 7.43. The first-order chi connectivity index (χ1) is 9.06. The predicted molar refractivity (Wildman–Crippen MR) is 79.7 cm³/mol. The second-order valence-electron chi connectivity index (χ2n) is 4.57. The number of amides is 1. The molecule has 6 heteroatoms. The van der Waals surface area contributed by atoms with Crippen molar-refractivity contribution >= 4 is 28.6 Å². The highest BCUT2D eigenvalue weighted by molar-refractivity contribution is 7.10. The van der Waals surface area contributed by atoms with Gasteiger partial charge >= 0.3 is 0 Å². The topological polar surface area (TPSA) is 68.0 Å². The molecule has 2 aromatic heterocycles. The Morgan fingerprint density at radius 1 is 1.47 bits per heavy atom. The van der Waals surface area contributed by atoms with E-state index in [1.165, 1.54) is 16.9 Å². The first kappa shape index (κ1) is 14.2. The van der Waals surface area contributed by atoms with Gasteiger partial charge in [0, 0.05) is 11.4 Å². The number of thiophene rings is 1. The van der Waals surface area contributed by atoms with E-state index in [0.717, 1.165) is 11.4 Å². The quantitative estimate of drug-likeness (QED) is 0.891. The highest BCUT2D eigenvalue weighted by atomic mass is 32.1. The van der Waals surface area contributed by atoms with Gasteiger partial charge in [0.2, 0.25) is 0 Å². The number of nitrogens with two attached hydrogens (primary N) is 1. The lowest BCUT2D eigenvalue weighted by Crippen LogP contribution is -2.34. The molecule has 0 bridgehead atoms. The van der Waals surface area contributed by atoms with Crippen LogP contribution in [0, 0.1) is 0 Å². The fourth-order valence-corrected chi connectivity index (χ4v) is 3.15. The lowest BCUT2D eigenvalue weighted by atomic mass is 10.1. The van der Waals surface area contributed by atoms with Gasteiger partial charge in [0.15, 0.2) is 0 Å². The van der Waals surface area contributed by atoms with Gasteiger partial charge in [0.25, 0.3) is 5.91 Å². The van der Waals surface area contributed by atoms with Crippen molar-refractivity contribution in [1.82, 2.24) is 10.3 Å². The van der Waals surface area contributed by atoms with Gasteiger partial charge in [-0.05, 0) is 42.7 Å². The molecule has 2 heterocycles. The van der Waals surface area contributed by atoms with Gasteiger partial charge in [-0.15, -0.1) is 11.3 Å². The zero-order valence-electron chi connectivity index (χ0n) is 10.9. The van der Waals surface area contributed by atoms with Gasteiger partial charge in [-0.3, -0.25) is 4.79 Å². The average Bonchev–Trinajstić information content (AvgIpc) is 2.98. The van der Waals surface area contributed by atoms with Crippen molar-refractivity contribution in [2.75, 3.05) is 0 Å². The summed E-state index contributed by atoms with van der Waals surface area (Å²) >= 11 is 3.09. The summed E-state index contributed by atoms with van der Waals surface area (Å²) in [6, 6.07) is 2.03. The maximum Gasteiger partial charge on any atom is 0.270 e. The summed E-state index contributed by atoms with van der Waals surface area (Å²) in [7, 11) is 0. The van der Waals surface area contributed by atoms with Gasteiger partial charge < -0.3 is 11.1 Å². The third-order valence-electron chi connectivity index (χ3n) is 2.64. The Morgan fingerprint density at radius 2 is 2.26 bits per heavy atom. The van der Waals surface area contributed by atoms with Gasteiger partial charge in [-0.1, -0.05) is 0 Å². The number of nitrogens with zero attached hydrogens (tertiary/aromatic N) is 1. The van der Waals surface area contributed by atoms with E-state index in [4.69, 9.17) is 5.73 Å². The average molecular weight is 295 g/mol. The summed E-state index contributed by atoms with van der Waals surface area (Å²) in [6.07, 6.45) is 0.833. The summed E-state index contributed by atoms with van der Waals surface area (Å²) in [6.45, 7) is 3.86. The molecule has 2 atom stereocenters. The van der Waals surface area contributed by atoms with Crippen LogP contribution in [0.2, 0.25) is 0 Å². The van der Waals surface area contributed by atoms with Crippen LogP contribution in [0.4, 0.5) is 0 Å². The van der Waals surface area contributed by atoms with E-state index in [1.807, 2.05) is 19.2 Å². The van der Waals surface area contributed by atoms with Crippen molar-refractivity contribution in [1.29, 1.82) is 0 Å². The zero-order chi connectivity index (χ0) is 13.8. The second-order valence-corrected chi connectivity index (χ2v) is 6.24. The largest absolute Gasteiger partial charge is 0.348 e. The standard InChI is InChI=1S/C13H17N3OS2/c1-8(5-10-3-4-18-6-10)15-12(17)11-7-19-13(16-11)9(2)14/h3-4,6-9H,5,14H2,1-2H3,(H,15,17). The Labute approximate surface area is 120 Å². The molecule has 0 aliphatic rings. The van der Waals surface area contributed by atoms with E-state index in [9.17, 15) is 4.79 Å². The summed E-state index contributed by atoms with van der Waals surface area (Å²) in [4.78, 5) is 16.3. The van der Waals surface area contributed by atoms with Crippen LogP contribution in [0.1, 0.15) is 40.9 Å². The minimum atomic E-state index is -0.133. The third kappa shape index (κ3) is 3.86. The molecule has 0 radical (unpaired) electrons. The predicted octanol–water partition coefficient (Wildman–Crippen LogP) is 2.59. The molecule has 0 saturated carbocycles. The summed E-state index contributed by atoms with van der Waals surface area (Å²) < 4.78 is 0. The number of aromatic nitrogens is 1. The third-order valence-corrected chi connectivity index (χ3v) is 4.42. The maximum absolute atomic E-state index is 12.0. The van der Waals surface area contributed by atoms with E-state index >= 15 is 0 Å². The number of thiazole rings is 1. The molecule has 2 aromatic rings. The summed E-state index contributed by atoms with van der Waals surface area (Å²) in [5.74, 6) is -0.133. The second kappa shape index (κ2) is 6.27. The molecule has 0 aliphatic heterocycles. The first-order valence-corrected chi connectivity index (χ1v) is 7.91. The van der Waals surface area contributed by atoms with Crippen LogP contribution in [-0.2, 0) is 6.42 Å². The number of carbonyl (C=O) groups is 1. The van der Waals surface area contributed by atoms with Gasteiger partial charge in [0.05, 0.1) is 6.04 Å². The van der Waals surface area contributed by atoms with Crippen LogP contribution in [0.3, 0.4) is 0 Å². The fraction of sp³-hybridized carbons (Fsp3) is 0.385. The smallest absolute Gasteiger partial charge is 0.270 e. The molecular formula is C13H17N3OS2.